The van der Waals surface area contributed by atoms with Gasteiger partial charge in [0.1, 0.15) is 12.9 Å². The molecule has 186 valence electrons. The third-order valence-electron chi connectivity index (χ3n) is 6.48. The van der Waals surface area contributed by atoms with Crippen LogP contribution in [0.4, 0.5) is 11.5 Å². The molecule has 36 heavy (non-hydrogen) atoms. The minimum Gasteiger partial charge on any atom is -0.412 e. The average molecular weight is 525 g/mol. The van der Waals surface area contributed by atoms with Crippen LogP contribution in [0.15, 0.2) is 53.3 Å². The number of hydrogen-bond donors (Lipinski definition) is 1. The maximum Gasteiger partial charge on any atom is 0.293 e. The van der Waals surface area contributed by atoms with Gasteiger partial charge in [-0.25, -0.2) is 9.97 Å². The van der Waals surface area contributed by atoms with E-state index in [2.05, 4.69) is 38.9 Å². The highest BCUT2D eigenvalue weighted by atomic mass is 35.5. The van der Waals surface area contributed by atoms with Crippen molar-refractivity contribution in [3.05, 3.63) is 68.9 Å². The van der Waals surface area contributed by atoms with Crippen LogP contribution in [0.2, 0.25) is 10.0 Å². The summed E-state index contributed by atoms with van der Waals surface area (Å²) in [5, 5.41) is 1.14. The van der Waals surface area contributed by atoms with E-state index in [1.54, 1.807) is 24.3 Å². The maximum atomic E-state index is 13.4. The van der Waals surface area contributed by atoms with Gasteiger partial charge in [0.25, 0.3) is 5.56 Å². The smallest absolute Gasteiger partial charge is 0.293 e. The maximum absolute atomic E-state index is 13.4. The zero-order valence-electron chi connectivity index (χ0n) is 20.0. The Kier molecular flexibility index (Phi) is 6.75. The van der Waals surface area contributed by atoms with Gasteiger partial charge in [-0.15, -0.1) is 4.73 Å². The molecule has 1 fully saturated rings. The van der Waals surface area contributed by atoms with E-state index in [0.29, 0.717) is 26.8 Å². The highest BCUT2D eigenvalue weighted by Crippen LogP contribution is 2.35. The molecule has 4 aromatic rings. The van der Waals surface area contributed by atoms with Crippen LogP contribution in [0, 0.1) is 0 Å². The summed E-state index contributed by atoms with van der Waals surface area (Å²) in [5.74, 6) is 0.612. The van der Waals surface area contributed by atoms with E-state index < -0.39 is 5.56 Å². The number of benzene rings is 2. The lowest BCUT2D eigenvalue weighted by molar-refractivity contribution is 0.168. The molecule has 0 unspecified atom stereocenters. The van der Waals surface area contributed by atoms with Gasteiger partial charge in [-0.3, -0.25) is 4.79 Å². The number of aromatic nitrogens is 3. The molecule has 0 saturated carbocycles. The number of pyridine rings is 1. The van der Waals surface area contributed by atoms with Gasteiger partial charge in [0.15, 0.2) is 11.5 Å². The first-order valence-electron chi connectivity index (χ1n) is 11.6. The predicted octanol–water partition coefficient (Wildman–Crippen LogP) is 4.21. The van der Waals surface area contributed by atoms with Crippen molar-refractivity contribution in [3.63, 3.8) is 0 Å². The Balaban J connectivity index is 1.57. The number of fused-ring (bicyclic) bond motifs is 1. The van der Waals surface area contributed by atoms with Gasteiger partial charge in [-0.2, -0.15) is 0 Å². The standard InChI is InChI=1S/C26H26Cl2N6O2/c1-32-11-4-12-33(14-13-32)17-9-7-16(8-10-17)24-30-23(29)19-15-18(22-20(27)5-3-6-21(22)28)26(35)34(36-2)25(19)31-24/h3,5-10,15H,4,11-14H2,1-2H3,(H2,29,30,31). The third kappa shape index (κ3) is 4.48. The normalized spacial score (nSPS) is 14.7. The molecule has 0 spiro atoms. The van der Waals surface area contributed by atoms with Gasteiger partial charge in [0.2, 0.25) is 0 Å². The average Bonchev–Trinajstić information content (AvgIpc) is 3.09. The van der Waals surface area contributed by atoms with Crippen molar-refractivity contribution in [1.29, 1.82) is 0 Å². The van der Waals surface area contributed by atoms with Crippen molar-refractivity contribution < 1.29 is 4.84 Å². The first kappa shape index (κ1) is 24.4. The zero-order valence-corrected chi connectivity index (χ0v) is 21.6. The predicted molar refractivity (Wildman–Crippen MR) is 146 cm³/mol. The van der Waals surface area contributed by atoms with Crippen LogP contribution in [0.3, 0.4) is 0 Å². The van der Waals surface area contributed by atoms with E-state index >= 15 is 0 Å². The summed E-state index contributed by atoms with van der Waals surface area (Å²) < 4.78 is 1.09. The molecule has 0 amide bonds. The van der Waals surface area contributed by atoms with E-state index in [1.165, 1.54) is 7.11 Å². The Labute approximate surface area is 218 Å². The van der Waals surface area contributed by atoms with Gasteiger partial charge in [-0.1, -0.05) is 29.3 Å². The highest BCUT2D eigenvalue weighted by molar-refractivity contribution is 6.39. The number of halogens is 2. The SMILES string of the molecule is COn1c(=O)c(-c2c(Cl)cccc2Cl)cc2c(N)nc(-c3ccc(N4CCCN(C)CC4)cc3)nc21. The van der Waals surface area contributed by atoms with E-state index in [1.807, 2.05) is 12.1 Å². The summed E-state index contributed by atoms with van der Waals surface area (Å²) in [5.41, 5.74) is 8.76. The molecule has 1 saturated heterocycles. The molecule has 5 rings (SSSR count). The fourth-order valence-corrected chi connectivity index (χ4v) is 5.14. The molecule has 3 heterocycles. The van der Waals surface area contributed by atoms with Crippen LogP contribution < -0.4 is 21.0 Å². The third-order valence-corrected chi connectivity index (χ3v) is 7.11. The van der Waals surface area contributed by atoms with Gasteiger partial charge >= 0.3 is 0 Å². The molecule has 0 radical (unpaired) electrons. The van der Waals surface area contributed by atoms with Gasteiger partial charge in [0, 0.05) is 36.4 Å². The Hall–Kier alpha value is -3.33. The van der Waals surface area contributed by atoms with E-state index in [4.69, 9.17) is 33.8 Å². The minimum absolute atomic E-state index is 0.213. The second-order valence-corrected chi connectivity index (χ2v) is 9.61. The summed E-state index contributed by atoms with van der Waals surface area (Å²) in [4.78, 5) is 32.7. The molecule has 1 aliphatic heterocycles. The van der Waals surface area contributed by atoms with Gasteiger partial charge < -0.3 is 20.4 Å². The van der Waals surface area contributed by atoms with Crippen LogP contribution in [-0.4, -0.2) is 59.9 Å². The lowest BCUT2D eigenvalue weighted by Gasteiger charge is -2.23. The topological polar surface area (TPSA) is 89.5 Å². The molecule has 2 aromatic heterocycles. The Morgan fingerprint density at radius 1 is 0.972 bits per heavy atom. The highest BCUT2D eigenvalue weighted by Gasteiger charge is 2.20. The molecule has 2 N–H and O–H groups in total. The van der Waals surface area contributed by atoms with Crippen LogP contribution in [0.1, 0.15) is 6.42 Å². The molecule has 0 aliphatic carbocycles. The molecular formula is C26H26Cl2N6O2. The molecular weight excluding hydrogens is 499 g/mol. The van der Waals surface area contributed by atoms with Gasteiger partial charge in [0.05, 0.1) is 21.0 Å². The number of nitrogens with zero attached hydrogens (tertiary/aromatic N) is 5. The second kappa shape index (κ2) is 9.97. The molecule has 2 aromatic carbocycles. The first-order chi connectivity index (χ1) is 17.4. The van der Waals surface area contributed by atoms with Crippen LogP contribution >= 0.6 is 23.2 Å². The number of likely N-dealkylation sites (N-methyl/N-ethyl adjacent to an activating group) is 1. The summed E-state index contributed by atoms with van der Waals surface area (Å²) in [6, 6.07) is 14.7. The Morgan fingerprint density at radius 2 is 1.69 bits per heavy atom. The summed E-state index contributed by atoms with van der Waals surface area (Å²) in [6.07, 6.45) is 1.12. The lowest BCUT2D eigenvalue weighted by Crippen LogP contribution is -2.28. The Bertz CT molecular complexity index is 1470. The number of anilines is 2. The van der Waals surface area contributed by atoms with Gasteiger partial charge in [-0.05, 0) is 62.5 Å². The van der Waals surface area contributed by atoms with Crippen molar-refractivity contribution in [3.8, 4) is 22.5 Å². The fourth-order valence-electron chi connectivity index (χ4n) is 4.54. The molecule has 10 heteroatoms. The molecule has 0 bridgehead atoms. The van der Waals surface area contributed by atoms with Crippen molar-refractivity contribution in [2.75, 3.05) is 51.0 Å². The summed E-state index contributed by atoms with van der Waals surface area (Å²) in [7, 11) is 3.55. The largest absolute Gasteiger partial charge is 0.412 e. The number of nitrogen functional groups attached to an aromatic ring is 1. The quantitative estimate of drug-likeness (QED) is 0.427. The summed E-state index contributed by atoms with van der Waals surface area (Å²) in [6.45, 7) is 4.13. The number of nitrogens with two attached hydrogens (primary N) is 1. The van der Waals surface area contributed by atoms with Crippen LogP contribution in [-0.2, 0) is 0 Å². The van der Waals surface area contributed by atoms with Crippen molar-refractivity contribution in [2.24, 2.45) is 0 Å². The van der Waals surface area contributed by atoms with Crippen molar-refractivity contribution in [1.82, 2.24) is 19.6 Å². The molecule has 0 atom stereocenters. The van der Waals surface area contributed by atoms with E-state index in [9.17, 15) is 4.79 Å². The lowest BCUT2D eigenvalue weighted by atomic mass is 10.1. The minimum atomic E-state index is -0.453. The number of hydrogen-bond acceptors (Lipinski definition) is 7. The molecule has 8 nitrogen and oxygen atoms in total. The monoisotopic (exact) mass is 524 g/mol. The first-order valence-corrected chi connectivity index (χ1v) is 12.4. The number of rotatable bonds is 4. The van der Waals surface area contributed by atoms with Crippen molar-refractivity contribution >= 4 is 45.7 Å². The van der Waals surface area contributed by atoms with Crippen LogP contribution in [0.5, 0.6) is 0 Å². The zero-order chi connectivity index (χ0) is 25.4. The second-order valence-electron chi connectivity index (χ2n) is 8.80. The van der Waals surface area contributed by atoms with Crippen LogP contribution in [0.25, 0.3) is 33.5 Å². The van der Waals surface area contributed by atoms with Crippen molar-refractivity contribution in [2.45, 2.75) is 6.42 Å². The van der Waals surface area contributed by atoms with E-state index in [-0.39, 0.29) is 17.0 Å². The van der Waals surface area contributed by atoms with E-state index in [0.717, 1.165) is 48.6 Å². The Morgan fingerprint density at radius 3 is 2.39 bits per heavy atom. The summed E-state index contributed by atoms with van der Waals surface area (Å²) >= 11 is 12.7. The molecule has 1 aliphatic rings. The fraction of sp³-hybridized carbons (Fsp3) is 0.269.